The van der Waals surface area contributed by atoms with Crippen LogP contribution in [0.1, 0.15) is 5.56 Å². The van der Waals surface area contributed by atoms with Gasteiger partial charge in [0, 0.05) is 11.6 Å². The minimum absolute atomic E-state index is 0.0514. The van der Waals surface area contributed by atoms with Crippen molar-refractivity contribution in [2.75, 3.05) is 28.4 Å². The molecule has 0 aliphatic heterocycles. The van der Waals surface area contributed by atoms with E-state index in [1.165, 1.54) is 46.6 Å². The lowest BCUT2D eigenvalue weighted by Crippen LogP contribution is -2.10. The smallest absolute Gasteiger partial charge is 0.416 e. The molecule has 0 spiro atoms. The Morgan fingerprint density at radius 2 is 1.34 bits per heavy atom. The second-order valence-electron chi connectivity index (χ2n) is 7.46. The molecule has 0 aliphatic carbocycles. The van der Waals surface area contributed by atoms with Crippen LogP contribution in [0.2, 0.25) is 0 Å². The Kier molecular flexibility index (Phi) is 6.34. The average molecular weight is 486 g/mol. The fraction of sp³-hybridized carbons (Fsp3) is 0.192. The first-order valence-electron chi connectivity index (χ1n) is 10.3. The predicted molar refractivity (Wildman–Crippen MR) is 125 cm³/mol. The highest BCUT2D eigenvalue weighted by atomic mass is 19.4. The van der Waals surface area contributed by atoms with E-state index in [1.807, 2.05) is 0 Å². The second-order valence-corrected chi connectivity index (χ2v) is 7.46. The fourth-order valence-corrected chi connectivity index (χ4v) is 3.83. The topological polar surface area (TPSA) is 67.1 Å². The summed E-state index contributed by atoms with van der Waals surface area (Å²) in [4.78, 5) is 13.5. The number of rotatable bonds is 6. The number of hydrogen-bond acceptors (Lipinski definition) is 6. The number of methoxy groups -OCH3 is 4. The Morgan fingerprint density at radius 1 is 0.743 bits per heavy atom. The molecular formula is C26H21F3O6. The van der Waals surface area contributed by atoms with Gasteiger partial charge in [-0.2, -0.15) is 13.2 Å². The summed E-state index contributed by atoms with van der Waals surface area (Å²) in [6.45, 7) is 0. The highest BCUT2D eigenvalue weighted by Crippen LogP contribution is 2.44. The van der Waals surface area contributed by atoms with E-state index in [9.17, 15) is 18.0 Å². The number of fused-ring (bicyclic) bond motifs is 1. The lowest BCUT2D eigenvalue weighted by atomic mass is 9.98. The molecule has 9 heteroatoms. The molecule has 0 saturated carbocycles. The van der Waals surface area contributed by atoms with Crippen molar-refractivity contribution in [1.29, 1.82) is 0 Å². The van der Waals surface area contributed by atoms with Crippen molar-refractivity contribution in [2.45, 2.75) is 6.18 Å². The zero-order valence-electron chi connectivity index (χ0n) is 19.3. The second kappa shape index (κ2) is 9.25. The van der Waals surface area contributed by atoms with Crippen LogP contribution in [0, 0.1) is 0 Å². The minimum Gasteiger partial charge on any atom is -0.497 e. The van der Waals surface area contributed by atoms with E-state index < -0.39 is 17.2 Å². The molecule has 0 radical (unpaired) electrons. The van der Waals surface area contributed by atoms with Gasteiger partial charge in [-0.1, -0.05) is 12.1 Å². The zero-order valence-corrected chi connectivity index (χ0v) is 19.3. The summed E-state index contributed by atoms with van der Waals surface area (Å²) >= 11 is 0. The maximum absolute atomic E-state index is 13.5. The number of halogens is 3. The third-order valence-corrected chi connectivity index (χ3v) is 5.55. The van der Waals surface area contributed by atoms with E-state index in [2.05, 4.69) is 0 Å². The molecule has 4 rings (SSSR count). The molecule has 0 aliphatic rings. The normalized spacial score (nSPS) is 11.4. The van der Waals surface area contributed by atoms with E-state index in [-0.39, 0.29) is 34.0 Å². The van der Waals surface area contributed by atoms with Crippen molar-refractivity contribution in [3.8, 4) is 45.4 Å². The minimum atomic E-state index is -4.49. The van der Waals surface area contributed by atoms with Crippen LogP contribution in [-0.4, -0.2) is 28.4 Å². The summed E-state index contributed by atoms with van der Waals surface area (Å²) < 4.78 is 67.1. The van der Waals surface area contributed by atoms with Gasteiger partial charge in [0.15, 0.2) is 11.3 Å². The van der Waals surface area contributed by atoms with Crippen molar-refractivity contribution >= 4 is 11.0 Å². The van der Waals surface area contributed by atoms with Gasteiger partial charge in [0.05, 0.1) is 39.6 Å². The lowest BCUT2D eigenvalue weighted by Gasteiger charge is -2.17. The molecule has 4 aromatic rings. The van der Waals surface area contributed by atoms with E-state index in [0.717, 1.165) is 12.1 Å². The number of alkyl halides is 3. The largest absolute Gasteiger partial charge is 0.497 e. The summed E-state index contributed by atoms with van der Waals surface area (Å²) in [5, 5.41) is 0.0670. The molecule has 182 valence electrons. The third-order valence-electron chi connectivity index (χ3n) is 5.55. The number of benzene rings is 3. The zero-order chi connectivity index (χ0) is 25.3. The fourth-order valence-electron chi connectivity index (χ4n) is 3.83. The molecule has 0 atom stereocenters. The predicted octanol–water partition coefficient (Wildman–Crippen LogP) is 6.18. The van der Waals surface area contributed by atoms with Crippen molar-refractivity contribution in [1.82, 2.24) is 0 Å². The van der Waals surface area contributed by atoms with Gasteiger partial charge in [-0.15, -0.1) is 0 Å². The highest BCUT2D eigenvalue weighted by Gasteiger charge is 2.31. The van der Waals surface area contributed by atoms with Crippen LogP contribution in [0.4, 0.5) is 13.2 Å². The maximum atomic E-state index is 13.5. The first-order valence-corrected chi connectivity index (χ1v) is 10.3. The summed E-state index contributed by atoms with van der Waals surface area (Å²) in [5.74, 6) is 1.11. The van der Waals surface area contributed by atoms with Gasteiger partial charge < -0.3 is 23.4 Å². The summed E-state index contributed by atoms with van der Waals surface area (Å²) in [5.41, 5.74) is -0.0465. The molecule has 1 heterocycles. The summed E-state index contributed by atoms with van der Waals surface area (Å²) in [6, 6.07) is 12.8. The van der Waals surface area contributed by atoms with Crippen LogP contribution in [0.15, 0.2) is 63.8 Å². The Balaban J connectivity index is 2.09. The Morgan fingerprint density at radius 3 is 1.86 bits per heavy atom. The van der Waals surface area contributed by atoms with Crippen LogP contribution in [-0.2, 0) is 6.18 Å². The van der Waals surface area contributed by atoms with Crippen LogP contribution in [0.25, 0.3) is 33.4 Å². The molecule has 0 amide bonds. The van der Waals surface area contributed by atoms with Gasteiger partial charge in [0.2, 0.25) is 11.2 Å². The van der Waals surface area contributed by atoms with Crippen molar-refractivity contribution in [3.05, 3.63) is 70.4 Å². The number of ether oxygens (including phenoxy) is 4. The monoisotopic (exact) mass is 486 g/mol. The molecule has 0 saturated heterocycles. The van der Waals surface area contributed by atoms with Gasteiger partial charge in [-0.25, -0.2) is 0 Å². The summed E-state index contributed by atoms with van der Waals surface area (Å²) in [7, 11) is 5.66. The Labute approximate surface area is 198 Å². The average Bonchev–Trinajstić information content (AvgIpc) is 2.87. The van der Waals surface area contributed by atoms with E-state index in [1.54, 1.807) is 24.3 Å². The molecule has 3 aromatic carbocycles. The quantitative estimate of drug-likeness (QED) is 0.324. The van der Waals surface area contributed by atoms with Crippen molar-refractivity contribution < 1.29 is 36.5 Å². The van der Waals surface area contributed by atoms with E-state index >= 15 is 0 Å². The van der Waals surface area contributed by atoms with E-state index in [0.29, 0.717) is 22.4 Å². The molecule has 6 nitrogen and oxygen atoms in total. The van der Waals surface area contributed by atoms with Gasteiger partial charge >= 0.3 is 6.18 Å². The molecule has 0 unspecified atom stereocenters. The molecule has 0 N–H and O–H groups in total. The summed E-state index contributed by atoms with van der Waals surface area (Å²) in [6.07, 6.45) is -4.49. The van der Waals surface area contributed by atoms with Gasteiger partial charge in [0.1, 0.15) is 22.6 Å². The molecule has 35 heavy (non-hydrogen) atoms. The first-order chi connectivity index (χ1) is 16.7. The van der Waals surface area contributed by atoms with Gasteiger partial charge in [-0.05, 0) is 42.0 Å². The SMILES string of the molecule is COc1ccc(-c2oc3c(-c4ccc(C(F)(F)F)cc4)c(OC)cc(OC)c3c(=O)c2OC)cc1. The molecule has 0 fully saturated rings. The Hall–Kier alpha value is -4.14. The maximum Gasteiger partial charge on any atom is 0.416 e. The van der Waals surface area contributed by atoms with Crippen LogP contribution < -0.4 is 24.4 Å². The lowest BCUT2D eigenvalue weighted by molar-refractivity contribution is -0.137. The van der Waals surface area contributed by atoms with Crippen LogP contribution in [0.3, 0.4) is 0 Å². The standard InChI is InChI=1S/C26H21F3O6/c1-31-17-11-7-15(8-12-17)23-25(34-4)22(30)21-19(33-3)13-18(32-2)20(24(21)35-23)14-5-9-16(10-6-14)26(27,28)29/h5-13H,1-4H3. The molecule has 1 aromatic heterocycles. The third kappa shape index (κ3) is 4.25. The Bertz CT molecular complexity index is 1420. The van der Waals surface area contributed by atoms with Crippen molar-refractivity contribution in [3.63, 3.8) is 0 Å². The highest BCUT2D eigenvalue weighted by molar-refractivity contribution is 6.00. The van der Waals surface area contributed by atoms with Gasteiger partial charge in [-0.3, -0.25) is 4.79 Å². The van der Waals surface area contributed by atoms with Crippen LogP contribution in [0.5, 0.6) is 23.0 Å². The van der Waals surface area contributed by atoms with Crippen LogP contribution >= 0.6 is 0 Å². The van der Waals surface area contributed by atoms with Gasteiger partial charge in [0.25, 0.3) is 0 Å². The van der Waals surface area contributed by atoms with E-state index in [4.69, 9.17) is 23.4 Å². The molecule has 0 bridgehead atoms. The number of hydrogen-bond donors (Lipinski definition) is 0. The molecular weight excluding hydrogens is 465 g/mol. The first kappa shape index (κ1) is 24.0. The van der Waals surface area contributed by atoms with Crippen molar-refractivity contribution in [2.24, 2.45) is 0 Å².